The highest BCUT2D eigenvalue weighted by atomic mass is 16.3. The summed E-state index contributed by atoms with van der Waals surface area (Å²) in [6.07, 6.45) is 0. The molecule has 5 nitrogen and oxygen atoms in total. The van der Waals surface area contributed by atoms with Crippen LogP contribution in [0.15, 0.2) is 24.3 Å². The zero-order valence-electron chi connectivity index (χ0n) is 7.27. The summed E-state index contributed by atoms with van der Waals surface area (Å²) in [5.74, 6) is -0.182. The van der Waals surface area contributed by atoms with Crippen LogP contribution >= 0.6 is 0 Å². The molecule has 14 heavy (non-hydrogen) atoms. The Morgan fingerprint density at radius 2 is 2.07 bits per heavy atom. The van der Waals surface area contributed by atoms with E-state index in [-0.39, 0.29) is 5.88 Å². The molecule has 1 heterocycles. The molecule has 0 bridgehead atoms. The molecule has 0 spiro atoms. The molecule has 0 radical (unpaired) electrons. The Kier molecular flexibility index (Phi) is 1.60. The van der Waals surface area contributed by atoms with Gasteiger partial charge in [-0.3, -0.25) is 0 Å². The lowest BCUT2D eigenvalue weighted by Gasteiger charge is -2.00. The fourth-order valence-corrected chi connectivity index (χ4v) is 1.45. The first-order valence-corrected chi connectivity index (χ1v) is 3.99. The van der Waals surface area contributed by atoms with Crippen LogP contribution < -0.4 is 11.5 Å². The van der Waals surface area contributed by atoms with Crippen LogP contribution in [0, 0.1) is 0 Å². The van der Waals surface area contributed by atoms with Gasteiger partial charge in [0.15, 0.2) is 5.88 Å². The Morgan fingerprint density at radius 3 is 2.71 bits per heavy atom. The number of nitrogens with two attached hydrogens (primary N) is 2. The molecule has 0 aliphatic heterocycles. The molecular formula is C9H9N3O2. The lowest BCUT2D eigenvalue weighted by Crippen LogP contribution is -2.18. The molecule has 2 aromatic rings. The number of fused-ring (bicyclic) bond motifs is 1. The highest BCUT2D eigenvalue weighted by Gasteiger charge is 2.11. The van der Waals surface area contributed by atoms with Crippen LogP contribution in [-0.4, -0.2) is 15.7 Å². The van der Waals surface area contributed by atoms with E-state index in [1.54, 1.807) is 18.2 Å². The second kappa shape index (κ2) is 2.66. The molecule has 0 fully saturated rings. The predicted molar refractivity (Wildman–Crippen MR) is 53.0 cm³/mol. The van der Waals surface area contributed by atoms with Gasteiger partial charge in [-0.05, 0) is 18.2 Å². The molecule has 5 heteroatoms. The summed E-state index contributed by atoms with van der Waals surface area (Å²) in [5, 5.41) is 10.1. The SMILES string of the molecule is NC(=O)n1c(O)cc2cc(N)ccc21. The first-order chi connectivity index (χ1) is 6.59. The average molecular weight is 191 g/mol. The third-order valence-corrected chi connectivity index (χ3v) is 2.03. The van der Waals surface area contributed by atoms with Gasteiger partial charge in [0.05, 0.1) is 5.52 Å². The van der Waals surface area contributed by atoms with Crippen LogP contribution in [-0.2, 0) is 0 Å². The Labute approximate surface area is 79.5 Å². The van der Waals surface area contributed by atoms with Crippen molar-refractivity contribution >= 4 is 22.6 Å². The zero-order chi connectivity index (χ0) is 10.3. The van der Waals surface area contributed by atoms with Crippen LogP contribution in [0.1, 0.15) is 0 Å². The quantitative estimate of drug-likeness (QED) is 0.539. The van der Waals surface area contributed by atoms with Crippen LogP contribution in [0.2, 0.25) is 0 Å². The largest absolute Gasteiger partial charge is 0.494 e. The first-order valence-electron chi connectivity index (χ1n) is 3.99. The number of anilines is 1. The Morgan fingerprint density at radius 1 is 1.36 bits per heavy atom. The molecular weight excluding hydrogens is 182 g/mol. The number of nitrogens with zero attached hydrogens (tertiary/aromatic N) is 1. The second-order valence-electron chi connectivity index (χ2n) is 2.99. The van der Waals surface area contributed by atoms with Crippen molar-refractivity contribution in [1.29, 1.82) is 0 Å². The van der Waals surface area contributed by atoms with Gasteiger partial charge in [0.25, 0.3) is 0 Å². The molecule has 1 aromatic heterocycles. The molecule has 0 saturated carbocycles. The van der Waals surface area contributed by atoms with Gasteiger partial charge < -0.3 is 16.6 Å². The average Bonchev–Trinajstić information content (AvgIpc) is 2.39. The maximum absolute atomic E-state index is 11.0. The molecule has 72 valence electrons. The molecule has 5 N–H and O–H groups in total. The summed E-state index contributed by atoms with van der Waals surface area (Å²) < 4.78 is 1.02. The van der Waals surface area contributed by atoms with E-state index in [0.717, 1.165) is 4.57 Å². The zero-order valence-corrected chi connectivity index (χ0v) is 7.27. The summed E-state index contributed by atoms with van der Waals surface area (Å²) in [6.45, 7) is 0. The third-order valence-electron chi connectivity index (χ3n) is 2.03. The van der Waals surface area contributed by atoms with Crippen molar-refractivity contribution in [3.05, 3.63) is 24.3 Å². The molecule has 0 aliphatic carbocycles. The normalized spacial score (nSPS) is 10.6. The predicted octanol–water partition coefficient (Wildman–Crippen LogP) is 0.856. The van der Waals surface area contributed by atoms with Gasteiger partial charge in [-0.1, -0.05) is 0 Å². The van der Waals surface area contributed by atoms with Gasteiger partial charge in [-0.2, -0.15) is 0 Å². The van der Waals surface area contributed by atoms with Gasteiger partial charge in [0, 0.05) is 17.1 Å². The van der Waals surface area contributed by atoms with E-state index < -0.39 is 6.03 Å². The van der Waals surface area contributed by atoms with Crippen LogP contribution in [0.4, 0.5) is 10.5 Å². The van der Waals surface area contributed by atoms with Crippen molar-refractivity contribution in [3.8, 4) is 5.88 Å². The molecule has 1 aromatic carbocycles. The topological polar surface area (TPSA) is 94.3 Å². The maximum atomic E-state index is 11.0. The van der Waals surface area contributed by atoms with Gasteiger partial charge >= 0.3 is 6.03 Å². The van der Waals surface area contributed by atoms with E-state index >= 15 is 0 Å². The summed E-state index contributed by atoms with van der Waals surface area (Å²) in [4.78, 5) is 11.0. The number of nitrogen functional groups attached to an aromatic ring is 1. The second-order valence-corrected chi connectivity index (χ2v) is 2.99. The van der Waals surface area contributed by atoms with Crippen molar-refractivity contribution in [2.75, 3.05) is 5.73 Å². The molecule has 0 atom stereocenters. The number of amides is 1. The minimum Gasteiger partial charge on any atom is -0.494 e. The number of rotatable bonds is 0. The van der Waals surface area contributed by atoms with Crippen molar-refractivity contribution < 1.29 is 9.90 Å². The Hall–Kier alpha value is -2.17. The van der Waals surface area contributed by atoms with Crippen molar-refractivity contribution in [2.24, 2.45) is 5.73 Å². The minimum atomic E-state index is -0.720. The minimum absolute atomic E-state index is 0.182. The van der Waals surface area contributed by atoms with Crippen molar-refractivity contribution in [3.63, 3.8) is 0 Å². The van der Waals surface area contributed by atoms with Gasteiger partial charge in [0.2, 0.25) is 0 Å². The lowest BCUT2D eigenvalue weighted by molar-refractivity contribution is 0.248. The maximum Gasteiger partial charge on any atom is 0.326 e. The number of benzene rings is 1. The van der Waals surface area contributed by atoms with Gasteiger partial charge in [0.1, 0.15) is 0 Å². The van der Waals surface area contributed by atoms with E-state index in [4.69, 9.17) is 11.5 Å². The van der Waals surface area contributed by atoms with Gasteiger partial charge in [-0.25, -0.2) is 9.36 Å². The van der Waals surface area contributed by atoms with Crippen LogP contribution in [0.25, 0.3) is 10.9 Å². The number of aromatic hydroxyl groups is 1. The number of primary amides is 1. The molecule has 0 unspecified atom stereocenters. The lowest BCUT2D eigenvalue weighted by atomic mass is 10.2. The van der Waals surface area contributed by atoms with E-state index in [9.17, 15) is 9.90 Å². The summed E-state index contributed by atoms with van der Waals surface area (Å²) >= 11 is 0. The summed E-state index contributed by atoms with van der Waals surface area (Å²) in [5.41, 5.74) is 11.8. The Balaban J connectivity index is 2.84. The van der Waals surface area contributed by atoms with E-state index in [1.807, 2.05) is 0 Å². The number of aromatic nitrogens is 1. The number of hydrogen-bond acceptors (Lipinski definition) is 3. The van der Waals surface area contributed by atoms with Crippen molar-refractivity contribution in [1.82, 2.24) is 4.57 Å². The van der Waals surface area contributed by atoms with Crippen molar-refractivity contribution in [2.45, 2.75) is 0 Å². The molecule has 2 rings (SSSR count). The van der Waals surface area contributed by atoms with E-state index in [2.05, 4.69) is 0 Å². The molecule has 0 saturated heterocycles. The number of carbonyl (C=O) groups is 1. The number of hydrogen-bond donors (Lipinski definition) is 3. The molecule has 1 amide bonds. The number of carbonyl (C=O) groups excluding carboxylic acids is 1. The van der Waals surface area contributed by atoms with Gasteiger partial charge in [-0.15, -0.1) is 0 Å². The smallest absolute Gasteiger partial charge is 0.326 e. The summed E-state index contributed by atoms with van der Waals surface area (Å²) in [7, 11) is 0. The third kappa shape index (κ3) is 1.06. The fraction of sp³-hybridized carbons (Fsp3) is 0. The van der Waals surface area contributed by atoms with E-state index in [0.29, 0.717) is 16.6 Å². The monoisotopic (exact) mass is 191 g/mol. The summed E-state index contributed by atoms with van der Waals surface area (Å²) in [6, 6.07) is 5.66. The highest BCUT2D eigenvalue weighted by Crippen LogP contribution is 2.25. The van der Waals surface area contributed by atoms with Crippen LogP contribution in [0.5, 0.6) is 5.88 Å². The van der Waals surface area contributed by atoms with E-state index in [1.165, 1.54) is 6.07 Å². The highest BCUT2D eigenvalue weighted by molar-refractivity contribution is 5.94. The van der Waals surface area contributed by atoms with Crippen LogP contribution in [0.3, 0.4) is 0 Å². The first kappa shape index (κ1) is 8.43. The standard InChI is InChI=1S/C9H9N3O2/c10-6-1-2-7-5(3-6)4-8(13)12(7)9(11)14/h1-4,13H,10H2,(H2,11,14). The Bertz CT molecular complexity index is 516. The molecule has 0 aliphatic rings. The fourth-order valence-electron chi connectivity index (χ4n) is 1.45.